The third-order valence-corrected chi connectivity index (χ3v) is 2.92. The van der Waals surface area contributed by atoms with Crippen LogP contribution in [0.2, 0.25) is 0 Å². The molecule has 4 heteroatoms. The number of nitriles is 1. The van der Waals surface area contributed by atoms with Crippen molar-refractivity contribution in [3.8, 4) is 6.07 Å². The average molecular weight is 231 g/mol. The van der Waals surface area contributed by atoms with Crippen LogP contribution in [0, 0.1) is 17.2 Å². The number of aromatic nitrogens is 1. The van der Waals surface area contributed by atoms with Crippen LogP contribution in [0.5, 0.6) is 0 Å². The molecule has 0 radical (unpaired) electrons. The Morgan fingerprint density at radius 3 is 3.06 bits per heavy atom. The van der Waals surface area contributed by atoms with Crippen LogP contribution in [0.3, 0.4) is 0 Å². The number of anilines is 1. The molecule has 2 rings (SSSR count). The van der Waals surface area contributed by atoms with Crippen molar-refractivity contribution in [2.75, 3.05) is 18.9 Å². The summed E-state index contributed by atoms with van der Waals surface area (Å²) in [6.07, 6.45) is 5.92. The summed E-state index contributed by atoms with van der Waals surface area (Å²) in [4.78, 5) is 3.91. The summed E-state index contributed by atoms with van der Waals surface area (Å²) in [6.45, 7) is 1.65. The number of nitrogens with zero attached hydrogens (tertiary/aromatic N) is 2. The predicted octanol–water partition coefficient (Wildman–Crippen LogP) is 1.89. The standard InChI is InChI=1S/C13H17N3O/c14-7-12-8-16-13(15)6-11(12)2-1-5-17-9-10-3-4-10/h6,8,10H,1-5,9H2,(H2,15,16). The maximum atomic E-state index is 8.93. The highest BCUT2D eigenvalue weighted by Crippen LogP contribution is 2.28. The molecule has 1 saturated carbocycles. The van der Waals surface area contributed by atoms with Gasteiger partial charge in [-0.1, -0.05) is 0 Å². The molecule has 0 bridgehead atoms. The van der Waals surface area contributed by atoms with E-state index in [0.717, 1.165) is 37.5 Å². The fourth-order valence-electron chi connectivity index (χ4n) is 1.72. The van der Waals surface area contributed by atoms with Crippen molar-refractivity contribution in [3.63, 3.8) is 0 Å². The third-order valence-electron chi connectivity index (χ3n) is 2.92. The molecule has 0 amide bonds. The molecular formula is C13H17N3O. The van der Waals surface area contributed by atoms with E-state index in [4.69, 9.17) is 15.7 Å². The minimum Gasteiger partial charge on any atom is -0.384 e. The van der Waals surface area contributed by atoms with Crippen LogP contribution in [-0.2, 0) is 11.2 Å². The van der Waals surface area contributed by atoms with E-state index >= 15 is 0 Å². The van der Waals surface area contributed by atoms with E-state index in [2.05, 4.69) is 11.1 Å². The molecule has 1 aromatic heterocycles. The van der Waals surface area contributed by atoms with Crippen molar-refractivity contribution < 1.29 is 4.74 Å². The van der Waals surface area contributed by atoms with Gasteiger partial charge in [-0.05, 0) is 43.2 Å². The second-order valence-corrected chi connectivity index (χ2v) is 4.50. The van der Waals surface area contributed by atoms with E-state index in [9.17, 15) is 0 Å². The molecule has 2 N–H and O–H groups in total. The lowest BCUT2D eigenvalue weighted by Gasteiger charge is -2.05. The maximum absolute atomic E-state index is 8.93. The zero-order valence-corrected chi connectivity index (χ0v) is 9.85. The van der Waals surface area contributed by atoms with E-state index < -0.39 is 0 Å². The maximum Gasteiger partial charge on any atom is 0.123 e. The van der Waals surface area contributed by atoms with Gasteiger partial charge in [0.1, 0.15) is 11.9 Å². The van der Waals surface area contributed by atoms with Gasteiger partial charge in [0.25, 0.3) is 0 Å². The fourth-order valence-corrected chi connectivity index (χ4v) is 1.72. The number of pyridine rings is 1. The summed E-state index contributed by atoms with van der Waals surface area (Å²) in [6, 6.07) is 3.91. The SMILES string of the molecule is N#Cc1cnc(N)cc1CCCOCC1CC1. The van der Waals surface area contributed by atoms with Crippen molar-refractivity contribution in [2.45, 2.75) is 25.7 Å². The van der Waals surface area contributed by atoms with Crippen molar-refractivity contribution in [3.05, 3.63) is 23.4 Å². The topological polar surface area (TPSA) is 71.9 Å². The normalized spacial score (nSPS) is 14.5. The van der Waals surface area contributed by atoms with Gasteiger partial charge in [0.15, 0.2) is 0 Å². The van der Waals surface area contributed by atoms with Gasteiger partial charge in [-0.15, -0.1) is 0 Å². The Hall–Kier alpha value is -1.60. The van der Waals surface area contributed by atoms with Crippen LogP contribution in [0.1, 0.15) is 30.4 Å². The Balaban J connectivity index is 1.76. The quantitative estimate of drug-likeness (QED) is 0.759. The average Bonchev–Trinajstić information content (AvgIpc) is 3.13. The molecule has 0 atom stereocenters. The zero-order chi connectivity index (χ0) is 12.1. The van der Waals surface area contributed by atoms with Crippen LogP contribution >= 0.6 is 0 Å². The van der Waals surface area contributed by atoms with Crippen LogP contribution in [-0.4, -0.2) is 18.2 Å². The first-order valence-electron chi connectivity index (χ1n) is 6.02. The first kappa shape index (κ1) is 11.9. The van der Waals surface area contributed by atoms with Gasteiger partial charge < -0.3 is 10.5 Å². The number of rotatable bonds is 6. The summed E-state index contributed by atoms with van der Waals surface area (Å²) in [5.41, 5.74) is 7.19. The molecule has 1 fully saturated rings. The third kappa shape index (κ3) is 3.72. The molecule has 0 aliphatic heterocycles. The Labute approximate surface area is 101 Å². The molecule has 1 aliphatic carbocycles. The predicted molar refractivity (Wildman–Crippen MR) is 65.2 cm³/mol. The van der Waals surface area contributed by atoms with Crippen LogP contribution < -0.4 is 5.73 Å². The molecular weight excluding hydrogens is 214 g/mol. The number of aryl methyl sites for hydroxylation is 1. The summed E-state index contributed by atoms with van der Waals surface area (Å²) >= 11 is 0. The largest absolute Gasteiger partial charge is 0.384 e. The van der Waals surface area contributed by atoms with Crippen molar-refractivity contribution >= 4 is 5.82 Å². The molecule has 0 unspecified atom stereocenters. The number of nitrogens with two attached hydrogens (primary N) is 1. The first-order valence-corrected chi connectivity index (χ1v) is 6.02. The molecule has 4 nitrogen and oxygen atoms in total. The summed E-state index contributed by atoms with van der Waals surface area (Å²) in [5.74, 6) is 1.28. The highest BCUT2D eigenvalue weighted by atomic mass is 16.5. The summed E-state index contributed by atoms with van der Waals surface area (Å²) in [5, 5.41) is 8.93. The van der Waals surface area contributed by atoms with Crippen LogP contribution in [0.15, 0.2) is 12.3 Å². The van der Waals surface area contributed by atoms with E-state index in [-0.39, 0.29) is 0 Å². The van der Waals surface area contributed by atoms with Gasteiger partial charge in [0.2, 0.25) is 0 Å². The van der Waals surface area contributed by atoms with Crippen molar-refractivity contribution in [2.24, 2.45) is 5.92 Å². The molecule has 0 spiro atoms. The highest BCUT2D eigenvalue weighted by molar-refractivity contribution is 5.42. The van der Waals surface area contributed by atoms with E-state index in [1.54, 1.807) is 6.07 Å². The smallest absolute Gasteiger partial charge is 0.123 e. The Kier molecular flexibility index (Phi) is 3.94. The monoisotopic (exact) mass is 231 g/mol. The van der Waals surface area contributed by atoms with E-state index in [0.29, 0.717) is 11.4 Å². The number of hydrogen-bond acceptors (Lipinski definition) is 4. The Morgan fingerprint density at radius 2 is 2.35 bits per heavy atom. The van der Waals surface area contributed by atoms with Gasteiger partial charge >= 0.3 is 0 Å². The number of ether oxygens (including phenoxy) is 1. The van der Waals surface area contributed by atoms with Crippen molar-refractivity contribution in [1.82, 2.24) is 4.98 Å². The first-order chi connectivity index (χ1) is 8.29. The van der Waals surface area contributed by atoms with Gasteiger partial charge in [-0.3, -0.25) is 0 Å². The number of nitrogen functional groups attached to an aromatic ring is 1. The Bertz CT molecular complexity index is 421. The van der Waals surface area contributed by atoms with E-state index in [1.807, 2.05) is 0 Å². The Morgan fingerprint density at radius 1 is 1.53 bits per heavy atom. The van der Waals surface area contributed by atoms with E-state index in [1.165, 1.54) is 19.0 Å². The minimum atomic E-state index is 0.470. The lowest BCUT2D eigenvalue weighted by atomic mass is 10.1. The molecule has 0 saturated heterocycles. The molecule has 1 heterocycles. The number of hydrogen-bond donors (Lipinski definition) is 1. The molecule has 1 aromatic rings. The van der Waals surface area contributed by atoms with Crippen molar-refractivity contribution in [1.29, 1.82) is 5.26 Å². The summed E-state index contributed by atoms with van der Waals surface area (Å²) in [7, 11) is 0. The van der Waals surface area contributed by atoms with Gasteiger partial charge in [-0.2, -0.15) is 5.26 Å². The lowest BCUT2D eigenvalue weighted by Crippen LogP contribution is -2.02. The summed E-state index contributed by atoms with van der Waals surface area (Å²) < 4.78 is 5.55. The molecule has 90 valence electrons. The molecule has 1 aliphatic rings. The minimum absolute atomic E-state index is 0.470. The highest BCUT2D eigenvalue weighted by Gasteiger charge is 2.20. The van der Waals surface area contributed by atoms with Gasteiger partial charge in [-0.25, -0.2) is 4.98 Å². The zero-order valence-electron chi connectivity index (χ0n) is 9.85. The fraction of sp³-hybridized carbons (Fsp3) is 0.538. The van der Waals surface area contributed by atoms with Gasteiger partial charge in [0, 0.05) is 19.4 Å². The lowest BCUT2D eigenvalue weighted by molar-refractivity contribution is 0.122. The second kappa shape index (κ2) is 5.65. The molecule has 17 heavy (non-hydrogen) atoms. The second-order valence-electron chi connectivity index (χ2n) is 4.50. The molecule has 0 aromatic carbocycles. The van der Waals surface area contributed by atoms with Crippen LogP contribution in [0.25, 0.3) is 0 Å². The van der Waals surface area contributed by atoms with Crippen LogP contribution in [0.4, 0.5) is 5.82 Å². The van der Waals surface area contributed by atoms with Gasteiger partial charge in [0.05, 0.1) is 5.56 Å².